The van der Waals surface area contributed by atoms with E-state index < -0.39 is 17.5 Å². The quantitative estimate of drug-likeness (QED) is 0.468. The summed E-state index contributed by atoms with van der Waals surface area (Å²) in [5.74, 6) is -2.16. The van der Waals surface area contributed by atoms with E-state index in [9.17, 15) is 9.59 Å². The fourth-order valence-electron chi connectivity index (χ4n) is 1.06. The molecule has 1 unspecified atom stereocenters. The van der Waals surface area contributed by atoms with Crippen molar-refractivity contribution in [1.82, 2.24) is 4.90 Å². The van der Waals surface area contributed by atoms with Gasteiger partial charge in [0, 0.05) is 19.2 Å². The molecular weight excluding hydrogens is 174 g/mol. The molecule has 1 aliphatic rings. The fraction of sp³-hybridized carbons (Fsp3) is 0.500. The number of carboxylic acid groups (broad SMARTS) is 2. The molecule has 5 nitrogen and oxygen atoms in total. The van der Waals surface area contributed by atoms with Gasteiger partial charge in [-0.3, -0.25) is 4.90 Å². The first-order chi connectivity index (χ1) is 5.97. The maximum Gasteiger partial charge on any atom is 0.328 e. The van der Waals surface area contributed by atoms with E-state index in [-0.39, 0.29) is 0 Å². The summed E-state index contributed by atoms with van der Waals surface area (Å²) >= 11 is 0. The van der Waals surface area contributed by atoms with Crippen LogP contribution in [0.1, 0.15) is 6.92 Å². The first-order valence-electron chi connectivity index (χ1n) is 3.87. The Balaban J connectivity index is 2.78. The van der Waals surface area contributed by atoms with Gasteiger partial charge in [0.25, 0.3) is 0 Å². The van der Waals surface area contributed by atoms with E-state index in [1.54, 1.807) is 4.90 Å². The lowest BCUT2D eigenvalue weighted by Crippen LogP contribution is -2.41. The van der Waals surface area contributed by atoms with Crippen molar-refractivity contribution in [2.45, 2.75) is 12.5 Å². The van der Waals surface area contributed by atoms with Crippen molar-refractivity contribution in [3.05, 3.63) is 12.2 Å². The summed E-state index contributed by atoms with van der Waals surface area (Å²) in [5, 5.41) is 17.2. The Morgan fingerprint density at radius 3 is 2.23 bits per heavy atom. The van der Waals surface area contributed by atoms with Crippen LogP contribution in [-0.2, 0) is 9.59 Å². The highest BCUT2D eigenvalue weighted by Crippen LogP contribution is 2.24. The van der Waals surface area contributed by atoms with Gasteiger partial charge < -0.3 is 10.2 Å². The van der Waals surface area contributed by atoms with E-state index in [1.807, 2.05) is 0 Å². The van der Waals surface area contributed by atoms with E-state index in [0.717, 1.165) is 6.08 Å². The van der Waals surface area contributed by atoms with Crippen molar-refractivity contribution in [3.63, 3.8) is 0 Å². The number of hydrogen-bond donors (Lipinski definition) is 2. The SMILES string of the molecule is CC(C=CC(=O)O)(C(=O)O)N1CC1. The molecule has 1 saturated heterocycles. The minimum atomic E-state index is -1.17. The molecular formula is C8H11NO4. The topological polar surface area (TPSA) is 77.6 Å². The molecule has 0 radical (unpaired) electrons. The molecule has 13 heavy (non-hydrogen) atoms. The predicted molar refractivity (Wildman–Crippen MR) is 44.4 cm³/mol. The Morgan fingerprint density at radius 2 is 1.92 bits per heavy atom. The molecule has 0 amide bonds. The molecule has 0 aliphatic carbocycles. The first kappa shape index (κ1) is 9.73. The van der Waals surface area contributed by atoms with Crippen LogP contribution in [-0.4, -0.2) is 45.7 Å². The highest BCUT2D eigenvalue weighted by Gasteiger charge is 2.43. The monoisotopic (exact) mass is 185 g/mol. The third-order valence-corrected chi connectivity index (χ3v) is 2.09. The average Bonchev–Trinajstić information content (AvgIpc) is 2.81. The molecule has 1 atom stereocenters. The standard InChI is InChI=1S/C8H11NO4/c1-8(7(12)13,9-4-5-9)3-2-6(10)11/h2-3H,4-5H2,1H3,(H,10,11)(H,12,13). The van der Waals surface area contributed by atoms with E-state index in [2.05, 4.69) is 0 Å². The highest BCUT2D eigenvalue weighted by molar-refractivity contribution is 5.85. The summed E-state index contributed by atoms with van der Waals surface area (Å²) in [5.41, 5.74) is -1.17. The first-order valence-corrected chi connectivity index (χ1v) is 3.87. The summed E-state index contributed by atoms with van der Waals surface area (Å²) in [4.78, 5) is 22.7. The van der Waals surface area contributed by atoms with Gasteiger partial charge in [-0.15, -0.1) is 0 Å². The minimum absolute atomic E-state index is 0.701. The fourth-order valence-corrected chi connectivity index (χ4v) is 1.06. The summed E-state index contributed by atoms with van der Waals surface area (Å²) in [7, 11) is 0. The zero-order valence-corrected chi connectivity index (χ0v) is 7.23. The molecule has 72 valence electrons. The van der Waals surface area contributed by atoms with Gasteiger partial charge in [-0.05, 0) is 13.0 Å². The second kappa shape index (κ2) is 3.18. The Kier molecular flexibility index (Phi) is 2.38. The van der Waals surface area contributed by atoms with Crippen LogP contribution in [0, 0.1) is 0 Å². The van der Waals surface area contributed by atoms with E-state index in [1.165, 1.54) is 13.0 Å². The number of rotatable bonds is 4. The van der Waals surface area contributed by atoms with Gasteiger partial charge in [0.2, 0.25) is 0 Å². The van der Waals surface area contributed by atoms with Crippen LogP contribution >= 0.6 is 0 Å². The van der Waals surface area contributed by atoms with E-state index in [0.29, 0.717) is 13.1 Å². The van der Waals surface area contributed by atoms with Gasteiger partial charge >= 0.3 is 11.9 Å². The number of aliphatic carboxylic acids is 2. The van der Waals surface area contributed by atoms with E-state index >= 15 is 0 Å². The number of nitrogens with zero attached hydrogens (tertiary/aromatic N) is 1. The van der Waals surface area contributed by atoms with Crippen molar-refractivity contribution in [3.8, 4) is 0 Å². The van der Waals surface area contributed by atoms with Gasteiger partial charge in [-0.1, -0.05) is 0 Å². The van der Waals surface area contributed by atoms with Crippen LogP contribution in [0.25, 0.3) is 0 Å². The Morgan fingerprint density at radius 1 is 1.38 bits per heavy atom. The molecule has 1 fully saturated rings. The van der Waals surface area contributed by atoms with E-state index in [4.69, 9.17) is 10.2 Å². The van der Waals surface area contributed by atoms with Crippen LogP contribution in [0.3, 0.4) is 0 Å². The van der Waals surface area contributed by atoms with Crippen molar-refractivity contribution >= 4 is 11.9 Å². The molecule has 0 aromatic heterocycles. The third-order valence-electron chi connectivity index (χ3n) is 2.09. The second-order valence-corrected chi connectivity index (χ2v) is 3.11. The normalized spacial score (nSPS) is 21.3. The number of hydrogen-bond acceptors (Lipinski definition) is 3. The molecule has 1 aliphatic heterocycles. The van der Waals surface area contributed by atoms with Crippen molar-refractivity contribution < 1.29 is 19.8 Å². The Bertz CT molecular complexity index is 269. The van der Waals surface area contributed by atoms with Crippen molar-refractivity contribution in [1.29, 1.82) is 0 Å². The van der Waals surface area contributed by atoms with Gasteiger partial charge in [-0.25, -0.2) is 9.59 Å². The van der Waals surface area contributed by atoms with Crippen molar-refractivity contribution in [2.24, 2.45) is 0 Å². The lowest BCUT2D eigenvalue weighted by molar-refractivity contribution is -0.144. The van der Waals surface area contributed by atoms with Gasteiger partial charge in [-0.2, -0.15) is 0 Å². The zero-order valence-electron chi connectivity index (χ0n) is 7.23. The molecule has 0 aromatic rings. The molecule has 0 bridgehead atoms. The largest absolute Gasteiger partial charge is 0.480 e. The van der Waals surface area contributed by atoms with Crippen molar-refractivity contribution in [2.75, 3.05) is 13.1 Å². The summed E-state index contributed by atoms with van der Waals surface area (Å²) < 4.78 is 0. The van der Waals surface area contributed by atoms with Crippen LogP contribution < -0.4 is 0 Å². The highest BCUT2D eigenvalue weighted by atomic mass is 16.4. The zero-order chi connectivity index (χ0) is 10.1. The molecule has 1 rings (SSSR count). The van der Waals surface area contributed by atoms with Gasteiger partial charge in [0.1, 0.15) is 5.54 Å². The average molecular weight is 185 g/mol. The summed E-state index contributed by atoms with van der Waals surface area (Å²) in [6, 6.07) is 0. The maximum atomic E-state index is 10.8. The Labute approximate surface area is 75.3 Å². The van der Waals surface area contributed by atoms with Crippen LogP contribution in [0.15, 0.2) is 12.2 Å². The van der Waals surface area contributed by atoms with Crippen LogP contribution in [0.5, 0.6) is 0 Å². The molecule has 0 aromatic carbocycles. The lowest BCUT2D eigenvalue weighted by Gasteiger charge is -2.21. The number of carboxylic acids is 2. The summed E-state index contributed by atoms with van der Waals surface area (Å²) in [6.07, 6.45) is 2.07. The Hall–Kier alpha value is -1.36. The molecule has 1 heterocycles. The summed E-state index contributed by atoms with van der Waals surface area (Å²) in [6.45, 7) is 2.89. The molecule has 5 heteroatoms. The van der Waals surface area contributed by atoms with Gasteiger partial charge in [0.05, 0.1) is 0 Å². The second-order valence-electron chi connectivity index (χ2n) is 3.11. The molecule has 0 saturated carbocycles. The third kappa shape index (κ3) is 2.06. The molecule has 2 N–H and O–H groups in total. The van der Waals surface area contributed by atoms with Gasteiger partial charge in [0.15, 0.2) is 0 Å². The minimum Gasteiger partial charge on any atom is -0.480 e. The van der Waals surface area contributed by atoms with Crippen LogP contribution in [0.2, 0.25) is 0 Å². The number of carbonyl (C=O) groups is 2. The molecule has 0 spiro atoms. The van der Waals surface area contributed by atoms with Crippen LogP contribution in [0.4, 0.5) is 0 Å². The predicted octanol–water partition coefficient (Wildman–Crippen LogP) is -0.214. The smallest absolute Gasteiger partial charge is 0.328 e. The maximum absolute atomic E-state index is 10.8. The lowest BCUT2D eigenvalue weighted by atomic mass is 10.0.